The number of anilines is 2. The summed E-state index contributed by atoms with van der Waals surface area (Å²) in [7, 11) is 1.75. The highest BCUT2D eigenvalue weighted by Gasteiger charge is 2.18. The first kappa shape index (κ1) is 22.9. The van der Waals surface area contributed by atoms with Gasteiger partial charge in [-0.1, -0.05) is 6.08 Å². The molecule has 6 nitrogen and oxygen atoms in total. The van der Waals surface area contributed by atoms with Crippen molar-refractivity contribution in [2.75, 3.05) is 49.6 Å². The Balaban J connectivity index is 0.00000300. The van der Waals surface area contributed by atoms with Crippen LogP contribution >= 0.6 is 24.0 Å². The van der Waals surface area contributed by atoms with Gasteiger partial charge in [0, 0.05) is 58.2 Å². The molecule has 1 aromatic carbocycles. The quantitative estimate of drug-likeness (QED) is 0.271. The van der Waals surface area contributed by atoms with Gasteiger partial charge in [-0.3, -0.25) is 4.99 Å². The van der Waals surface area contributed by atoms with Crippen molar-refractivity contribution in [1.29, 1.82) is 0 Å². The summed E-state index contributed by atoms with van der Waals surface area (Å²) >= 11 is 0. The van der Waals surface area contributed by atoms with Crippen molar-refractivity contribution >= 4 is 41.4 Å². The summed E-state index contributed by atoms with van der Waals surface area (Å²) in [6.45, 7) is 8.56. The SMILES string of the molecule is C=CCNC(=NC)NCc1ccnc(N2CCN(c3ccc(F)cc3)CC2)c1.I. The summed E-state index contributed by atoms with van der Waals surface area (Å²) in [4.78, 5) is 13.3. The third kappa shape index (κ3) is 6.59. The molecule has 8 heteroatoms. The average molecular weight is 510 g/mol. The van der Waals surface area contributed by atoms with E-state index < -0.39 is 0 Å². The number of hydrogen-bond donors (Lipinski definition) is 2. The second-order valence-electron chi connectivity index (χ2n) is 6.57. The zero-order valence-electron chi connectivity index (χ0n) is 16.6. The number of benzene rings is 1. The molecular formula is C21H28FIN6. The molecule has 0 saturated carbocycles. The first-order valence-electron chi connectivity index (χ1n) is 9.45. The van der Waals surface area contributed by atoms with E-state index in [-0.39, 0.29) is 29.8 Å². The van der Waals surface area contributed by atoms with Crippen LogP contribution in [0.3, 0.4) is 0 Å². The second kappa shape index (κ2) is 11.6. The fraction of sp³-hybridized carbons (Fsp3) is 0.333. The number of nitrogens with zero attached hydrogens (tertiary/aromatic N) is 4. The van der Waals surface area contributed by atoms with Gasteiger partial charge in [0.2, 0.25) is 0 Å². The van der Waals surface area contributed by atoms with Crippen LogP contribution in [0.25, 0.3) is 0 Å². The molecule has 1 fully saturated rings. The standard InChI is InChI=1S/C21H27FN6.HI/c1-3-9-25-21(23-2)26-16-17-8-10-24-20(15-17)28-13-11-27(12-14-28)19-6-4-18(22)5-7-19;/h3-8,10,15H,1,9,11-14,16H2,2H3,(H2,23,25,26);1H. The normalized spacial score (nSPS) is 14.2. The van der Waals surface area contributed by atoms with Gasteiger partial charge in [0.25, 0.3) is 0 Å². The summed E-state index contributed by atoms with van der Waals surface area (Å²) in [6, 6.07) is 10.8. The van der Waals surface area contributed by atoms with E-state index in [1.165, 1.54) is 12.1 Å². The van der Waals surface area contributed by atoms with Gasteiger partial charge in [-0.05, 0) is 42.0 Å². The van der Waals surface area contributed by atoms with Crippen LogP contribution in [-0.4, -0.2) is 50.7 Å². The largest absolute Gasteiger partial charge is 0.368 e. The molecule has 1 aromatic heterocycles. The van der Waals surface area contributed by atoms with Gasteiger partial charge in [0.15, 0.2) is 5.96 Å². The maximum atomic E-state index is 13.1. The molecule has 0 spiro atoms. The number of pyridine rings is 1. The van der Waals surface area contributed by atoms with E-state index in [4.69, 9.17) is 0 Å². The lowest BCUT2D eigenvalue weighted by molar-refractivity contribution is 0.624. The first-order valence-corrected chi connectivity index (χ1v) is 9.45. The number of aliphatic imine (C=N–C) groups is 1. The van der Waals surface area contributed by atoms with E-state index in [9.17, 15) is 4.39 Å². The number of piperazine rings is 1. The van der Waals surface area contributed by atoms with Crippen molar-refractivity contribution in [2.24, 2.45) is 4.99 Å². The molecular weight excluding hydrogens is 482 g/mol. The summed E-state index contributed by atoms with van der Waals surface area (Å²) in [6.07, 6.45) is 3.64. The van der Waals surface area contributed by atoms with Crippen molar-refractivity contribution in [3.05, 3.63) is 66.6 Å². The van der Waals surface area contributed by atoms with Gasteiger partial charge in [0.1, 0.15) is 11.6 Å². The fourth-order valence-corrected chi connectivity index (χ4v) is 3.16. The van der Waals surface area contributed by atoms with E-state index in [2.05, 4.69) is 43.1 Å². The molecule has 0 aliphatic carbocycles. The number of nitrogens with one attached hydrogen (secondary N) is 2. The predicted molar refractivity (Wildman–Crippen MR) is 129 cm³/mol. The molecule has 1 saturated heterocycles. The Kier molecular flexibility index (Phi) is 9.17. The number of aromatic nitrogens is 1. The number of rotatable bonds is 6. The third-order valence-corrected chi connectivity index (χ3v) is 4.70. The van der Waals surface area contributed by atoms with Crippen LogP contribution < -0.4 is 20.4 Å². The smallest absolute Gasteiger partial charge is 0.191 e. The fourth-order valence-electron chi connectivity index (χ4n) is 3.16. The van der Waals surface area contributed by atoms with Gasteiger partial charge in [-0.25, -0.2) is 9.37 Å². The average Bonchev–Trinajstić information content (AvgIpc) is 2.75. The van der Waals surface area contributed by atoms with Crippen LogP contribution in [0, 0.1) is 5.82 Å². The molecule has 0 atom stereocenters. The van der Waals surface area contributed by atoms with Crippen molar-refractivity contribution in [3.63, 3.8) is 0 Å². The highest BCUT2D eigenvalue weighted by molar-refractivity contribution is 14.0. The molecule has 0 radical (unpaired) electrons. The highest BCUT2D eigenvalue weighted by atomic mass is 127. The molecule has 156 valence electrons. The van der Waals surface area contributed by atoms with Crippen LogP contribution in [-0.2, 0) is 6.54 Å². The van der Waals surface area contributed by atoms with E-state index >= 15 is 0 Å². The maximum Gasteiger partial charge on any atom is 0.191 e. The highest BCUT2D eigenvalue weighted by Crippen LogP contribution is 2.20. The van der Waals surface area contributed by atoms with Crippen LogP contribution in [0.4, 0.5) is 15.9 Å². The van der Waals surface area contributed by atoms with Crippen molar-refractivity contribution in [2.45, 2.75) is 6.54 Å². The molecule has 2 N–H and O–H groups in total. The van der Waals surface area contributed by atoms with Crippen molar-refractivity contribution in [3.8, 4) is 0 Å². The predicted octanol–water partition coefficient (Wildman–Crippen LogP) is 3.02. The van der Waals surface area contributed by atoms with Crippen LogP contribution in [0.2, 0.25) is 0 Å². The van der Waals surface area contributed by atoms with Gasteiger partial charge < -0.3 is 20.4 Å². The summed E-state index contributed by atoms with van der Waals surface area (Å²) in [5.41, 5.74) is 2.21. The summed E-state index contributed by atoms with van der Waals surface area (Å²) in [5, 5.41) is 6.45. The third-order valence-electron chi connectivity index (χ3n) is 4.70. The summed E-state index contributed by atoms with van der Waals surface area (Å²) in [5.74, 6) is 1.52. The van der Waals surface area contributed by atoms with Gasteiger partial charge in [0.05, 0.1) is 0 Å². The van der Waals surface area contributed by atoms with Crippen LogP contribution in [0.5, 0.6) is 0 Å². The molecule has 3 rings (SSSR count). The number of hydrogen-bond acceptors (Lipinski definition) is 4. The van der Waals surface area contributed by atoms with E-state index in [0.717, 1.165) is 49.2 Å². The Morgan fingerprint density at radius 2 is 1.83 bits per heavy atom. The molecule has 2 aromatic rings. The minimum atomic E-state index is -0.201. The minimum absolute atomic E-state index is 0. The molecule has 0 unspecified atom stereocenters. The summed E-state index contributed by atoms with van der Waals surface area (Å²) < 4.78 is 13.1. The van der Waals surface area contributed by atoms with E-state index in [1.54, 1.807) is 13.1 Å². The molecule has 0 bridgehead atoms. The Bertz CT molecular complexity index is 803. The van der Waals surface area contributed by atoms with Gasteiger partial charge in [-0.2, -0.15) is 0 Å². The molecule has 0 amide bonds. The van der Waals surface area contributed by atoms with Gasteiger partial charge in [-0.15, -0.1) is 30.6 Å². The first-order chi connectivity index (χ1) is 13.7. The molecule has 1 aliphatic rings. The van der Waals surface area contributed by atoms with Crippen molar-refractivity contribution in [1.82, 2.24) is 15.6 Å². The number of halogens is 2. The van der Waals surface area contributed by atoms with E-state index in [1.807, 2.05) is 24.4 Å². The van der Waals surface area contributed by atoms with Crippen LogP contribution in [0.15, 0.2) is 60.2 Å². The lowest BCUT2D eigenvalue weighted by atomic mass is 10.2. The van der Waals surface area contributed by atoms with E-state index in [0.29, 0.717) is 13.1 Å². The molecule has 1 aliphatic heterocycles. The molecule has 2 heterocycles. The maximum absolute atomic E-state index is 13.1. The zero-order chi connectivity index (χ0) is 19.8. The Morgan fingerprint density at radius 3 is 2.48 bits per heavy atom. The monoisotopic (exact) mass is 510 g/mol. The second-order valence-corrected chi connectivity index (χ2v) is 6.57. The minimum Gasteiger partial charge on any atom is -0.368 e. The lowest BCUT2D eigenvalue weighted by Crippen LogP contribution is -2.46. The topological polar surface area (TPSA) is 55.8 Å². The number of guanidine groups is 1. The Labute approximate surface area is 188 Å². The zero-order valence-corrected chi connectivity index (χ0v) is 19.0. The van der Waals surface area contributed by atoms with Gasteiger partial charge >= 0.3 is 0 Å². The molecule has 29 heavy (non-hydrogen) atoms. The van der Waals surface area contributed by atoms with Crippen LogP contribution in [0.1, 0.15) is 5.56 Å². The Morgan fingerprint density at radius 1 is 1.14 bits per heavy atom. The Hall–Kier alpha value is -2.36. The van der Waals surface area contributed by atoms with Crippen molar-refractivity contribution < 1.29 is 4.39 Å². The lowest BCUT2D eigenvalue weighted by Gasteiger charge is -2.36.